The summed E-state index contributed by atoms with van der Waals surface area (Å²) in [4.78, 5) is 0. The third kappa shape index (κ3) is 2.85. The van der Waals surface area contributed by atoms with Gasteiger partial charge in [-0.25, -0.2) is 0 Å². The Morgan fingerprint density at radius 3 is 2.45 bits per heavy atom. The lowest BCUT2D eigenvalue weighted by Crippen LogP contribution is -2.66. The third-order valence-electron chi connectivity index (χ3n) is 3.60. The molecule has 6 heteroatoms. The molecule has 1 aromatic rings. The summed E-state index contributed by atoms with van der Waals surface area (Å²) >= 11 is 0. The second kappa shape index (κ2) is 6.17. The second-order valence-corrected chi connectivity index (χ2v) is 4.98. The van der Waals surface area contributed by atoms with E-state index in [-0.39, 0.29) is 6.42 Å². The SMILES string of the molecule is CO[C@H]1[C@H](O)[C@@H](CO)OC(O)(Cc2ccccc2)[C@@H]1O. The van der Waals surface area contributed by atoms with Crippen LogP contribution in [-0.4, -0.2) is 64.3 Å². The van der Waals surface area contributed by atoms with Crippen LogP contribution in [0.25, 0.3) is 0 Å². The van der Waals surface area contributed by atoms with E-state index in [1.807, 2.05) is 6.07 Å². The number of hydrogen-bond acceptors (Lipinski definition) is 6. The molecule has 112 valence electrons. The highest BCUT2D eigenvalue weighted by Crippen LogP contribution is 2.32. The van der Waals surface area contributed by atoms with Crippen LogP contribution in [0, 0.1) is 0 Å². The number of aliphatic hydroxyl groups is 4. The molecule has 20 heavy (non-hydrogen) atoms. The van der Waals surface area contributed by atoms with E-state index in [4.69, 9.17) is 9.47 Å². The predicted octanol–water partition coefficient (Wildman–Crippen LogP) is -0.954. The largest absolute Gasteiger partial charge is 0.394 e. The summed E-state index contributed by atoms with van der Waals surface area (Å²) < 4.78 is 10.3. The van der Waals surface area contributed by atoms with Gasteiger partial charge in [0.05, 0.1) is 6.61 Å². The van der Waals surface area contributed by atoms with Gasteiger partial charge in [0.15, 0.2) is 5.79 Å². The summed E-state index contributed by atoms with van der Waals surface area (Å²) in [7, 11) is 1.32. The van der Waals surface area contributed by atoms with Crippen molar-refractivity contribution in [3.63, 3.8) is 0 Å². The fourth-order valence-corrected chi connectivity index (χ4v) is 2.50. The molecule has 4 N–H and O–H groups in total. The summed E-state index contributed by atoms with van der Waals surface area (Å²) in [6.45, 7) is -0.481. The molecule has 2 rings (SSSR count). The summed E-state index contributed by atoms with van der Waals surface area (Å²) in [6, 6.07) is 9.02. The Kier molecular flexibility index (Phi) is 4.74. The summed E-state index contributed by atoms with van der Waals surface area (Å²) in [5.74, 6) is -1.92. The number of methoxy groups -OCH3 is 1. The van der Waals surface area contributed by atoms with Crippen LogP contribution in [0.2, 0.25) is 0 Å². The van der Waals surface area contributed by atoms with Crippen molar-refractivity contribution in [3.8, 4) is 0 Å². The van der Waals surface area contributed by atoms with Gasteiger partial charge in [-0.3, -0.25) is 0 Å². The van der Waals surface area contributed by atoms with Gasteiger partial charge >= 0.3 is 0 Å². The van der Waals surface area contributed by atoms with Gasteiger partial charge in [0.1, 0.15) is 24.4 Å². The van der Waals surface area contributed by atoms with Gasteiger partial charge in [0.25, 0.3) is 0 Å². The molecular formula is C14H20O6. The van der Waals surface area contributed by atoms with Crippen molar-refractivity contribution in [2.45, 2.75) is 36.6 Å². The predicted molar refractivity (Wildman–Crippen MR) is 69.9 cm³/mol. The van der Waals surface area contributed by atoms with Crippen molar-refractivity contribution in [3.05, 3.63) is 35.9 Å². The van der Waals surface area contributed by atoms with Crippen molar-refractivity contribution >= 4 is 0 Å². The molecule has 0 bridgehead atoms. The summed E-state index contributed by atoms with van der Waals surface area (Å²) in [5, 5.41) is 39.9. The molecule has 5 atom stereocenters. The van der Waals surface area contributed by atoms with Gasteiger partial charge in [0.2, 0.25) is 0 Å². The van der Waals surface area contributed by atoms with Gasteiger partial charge in [-0.2, -0.15) is 0 Å². The highest BCUT2D eigenvalue weighted by molar-refractivity contribution is 5.17. The zero-order valence-electron chi connectivity index (χ0n) is 11.2. The van der Waals surface area contributed by atoms with E-state index in [9.17, 15) is 20.4 Å². The lowest BCUT2D eigenvalue weighted by atomic mass is 9.88. The Morgan fingerprint density at radius 1 is 1.25 bits per heavy atom. The summed E-state index contributed by atoms with van der Waals surface area (Å²) in [6.07, 6.45) is -4.66. The molecule has 0 radical (unpaired) electrons. The Balaban J connectivity index is 2.23. The standard InChI is InChI=1S/C14H20O6/c1-19-12-11(16)10(8-15)20-14(18,13(12)17)7-9-5-3-2-4-6-9/h2-6,10-13,15-18H,7-8H2,1H3/t10-,11-,12+,13-,14?/m1/s1. The topological polar surface area (TPSA) is 99.4 Å². The Morgan fingerprint density at radius 2 is 1.90 bits per heavy atom. The smallest absolute Gasteiger partial charge is 0.199 e. The Labute approximate surface area is 117 Å². The molecule has 6 nitrogen and oxygen atoms in total. The zero-order chi connectivity index (χ0) is 14.8. The molecule has 1 aliphatic rings. The van der Waals surface area contributed by atoms with Crippen molar-refractivity contribution in [2.75, 3.05) is 13.7 Å². The monoisotopic (exact) mass is 284 g/mol. The highest BCUT2D eigenvalue weighted by atomic mass is 16.7. The van der Waals surface area contributed by atoms with Crippen molar-refractivity contribution < 1.29 is 29.9 Å². The maximum Gasteiger partial charge on any atom is 0.199 e. The first-order chi connectivity index (χ1) is 9.51. The number of ether oxygens (including phenoxy) is 2. The van der Waals surface area contributed by atoms with Crippen LogP contribution in [0.5, 0.6) is 0 Å². The quantitative estimate of drug-likeness (QED) is 0.569. The first kappa shape index (κ1) is 15.4. The molecule has 1 aromatic carbocycles. The molecule has 0 aromatic heterocycles. The normalized spacial score (nSPS) is 37.9. The lowest BCUT2D eigenvalue weighted by Gasteiger charge is -2.46. The molecule has 1 fully saturated rings. The molecule has 0 spiro atoms. The molecule has 1 heterocycles. The first-order valence-corrected chi connectivity index (χ1v) is 6.45. The minimum Gasteiger partial charge on any atom is -0.394 e. The van der Waals surface area contributed by atoms with Crippen molar-refractivity contribution in [2.24, 2.45) is 0 Å². The molecule has 1 unspecified atom stereocenters. The molecular weight excluding hydrogens is 264 g/mol. The van der Waals surface area contributed by atoms with Gasteiger partial charge < -0.3 is 29.9 Å². The van der Waals surface area contributed by atoms with E-state index >= 15 is 0 Å². The lowest BCUT2D eigenvalue weighted by molar-refractivity contribution is -0.351. The van der Waals surface area contributed by atoms with Crippen LogP contribution in [0.4, 0.5) is 0 Å². The minimum atomic E-state index is -1.92. The first-order valence-electron chi connectivity index (χ1n) is 6.45. The zero-order valence-corrected chi connectivity index (χ0v) is 11.2. The number of aliphatic hydroxyl groups excluding tert-OH is 3. The molecule has 0 saturated carbocycles. The number of benzene rings is 1. The van der Waals surface area contributed by atoms with Crippen LogP contribution in [-0.2, 0) is 15.9 Å². The second-order valence-electron chi connectivity index (χ2n) is 4.98. The average molecular weight is 284 g/mol. The Hall–Kier alpha value is -1.02. The molecule has 0 amide bonds. The number of hydrogen-bond donors (Lipinski definition) is 4. The fraction of sp³-hybridized carbons (Fsp3) is 0.571. The van der Waals surface area contributed by atoms with E-state index in [2.05, 4.69) is 0 Å². The van der Waals surface area contributed by atoms with E-state index in [0.29, 0.717) is 0 Å². The fourth-order valence-electron chi connectivity index (χ4n) is 2.50. The minimum absolute atomic E-state index is 0.0259. The van der Waals surface area contributed by atoms with Gasteiger partial charge in [-0.15, -0.1) is 0 Å². The molecule has 0 aliphatic carbocycles. The Bertz CT molecular complexity index is 425. The van der Waals surface area contributed by atoms with Gasteiger partial charge in [0, 0.05) is 13.5 Å². The van der Waals surface area contributed by atoms with E-state index in [1.54, 1.807) is 24.3 Å². The molecule has 1 saturated heterocycles. The van der Waals surface area contributed by atoms with Gasteiger partial charge in [-0.05, 0) is 5.56 Å². The van der Waals surface area contributed by atoms with E-state index in [0.717, 1.165) is 5.56 Å². The summed E-state index contributed by atoms with van der Waals surface area (Å²) in [5.41, 5.74) is 0.761. The average Bonchev–Trinajstić information content (AvgIpc) is 2.45. The maximum atomic E-state index is 10.5. The van der Waals surface area contributed by atoms with Gasteiger partial charge in [-0.1, -0.05) is 30.3 Å². The molecule has 1 aliphatic heterocycles. The van der Waals surface area contributed by atoms with Crippen LogP contribution in [0.1, 0.15) is 5.56 Å². The van der Waals surface area contributed by atoms with Crippen molar-refractivity contribution in [1.82, 2.24) is 0 Å². The maximum absolute atomic E-state index is 10.5. The van der Waals surface area contributed by atoms with E-state index < -0.39 is 36.8 Å². The van der Waals surface area contributed by atoms with E-state index in [1.165, 1.54) is 7.11 Å². The van der Waals surface area contributed by atoms with Crippen LogP contribution < -0.4 is 0 Å². The third-order valence-corrected chi connectivity index (χ3v) is 3.60. The van der Waals surface area contributed by atoms with Crippen LogP contribution >= 0.6 is 0 Å². The number of rotatable bonds is 4. The highest BCUT2D eigenvalue weighted by Gasteiger charge is 2.53. The van der Waals surface area contributed by atoms with Crippen LogP contribution in [0.3, 0.4) is 0 Å². The van der Waals surface area contributed by atoms with Crippen LogP contribution in [0.15, 0.2) is 30.3 Å². The van der Waals surface area contributed by atoms with Crippen molar-refractivity contribution in [1.29, 1.82) is 0 Å².